The molecule has 21 heavy (non-hydrogen) atoms. The number of nitro groups is 1. The first-order chi connectivity index (χ1) is 9.86. The summed E-state index contributed by atoms with van der Waals surface area (Å²) in [5.74, 6) is -2.61. The van der Waals surface area contributed by atoms with Gasteiger partial charge >= 0.3 is 5.69 Å². The van der Waals surface area contributed by atoms with Gasteiger partial charge in [-0.25, -0.2) is 14.4 Å². The van der Waals surface area contributed by atoms with E-state index in [2.05, 4.69) is 9.97 Å². The molecule has 1 aromatic heterocycles. The topological polar surface area (TPSA) is 68.9 Å². The number of hydrogen-bond acceptors (Lipinski definition) is 4. The summed E-state index contributed by atoms with van der Waals surface area (Å²) in [6.45, 7) is 3.49. The average molecular weight is 314 g/mol. The highest BCUT2D eigenvalue weighted by Crippen LogP contribution is 2.31. The van der Waals surface area contributed by atoms with Crippen LogP contribution in [0.15, 0.2) is 12.1 Å². The van der Waals surface area contributed by atoms with E-state index in [1.54, 1.807) is 13.8 Å². The maximum atomic E-state index is 14.1. The van der Waals surface area contributed by atoms with Crippen molar-refractivity contribution in [3.8, 4) is 11.4 Å². The SMILES string of the molecule is CCc1nc(-c2c(F)ccc([N+](=O)[O-])c2F)nc(Cl)c1C. The molecule has 0 aliphatic heterocycles. The van der Waals surface area contributed by atoms with Gasteiger partial charge in [-0.2, -0.15) is 4.39 Å². The fraction of sp³-hybridized carbons (Fsp3) is 0.231. The van der Waals surface area contributed by atoms with Gasteiger partial charge in [0, 0.05) is 17.3 Å². The summed E-state index contributed by atoms with van der Waals surface area (Å²) in [7, 11) is 0. The molecular formula is C13H10ClF2N3O2. The Labute approximate surface area is 123 Å². The third kappa shape index (κ3) is 2.69. The van der Waals surface area contributed by atoms with Crippen LogP contribution in [-0.4, -0.2) is 14.9 Å². The molecule has 0 N–H and O–H groups in total. The van der Waals surface area contributed by atoms with Crippen molar-refractivity contribution in [2.45, 2.75) is 20.3 Å². The molecule has 0 atom stereocenters. The maximum Gasteiger partial charge on any atom is 0.305 e. The second kappa shape index (κ2) is 5.69. The molecule has 0 aliphatic carbocycles. The molecule has 0 saturated carbocycles. The molecule has 0 bridgehead atoms. The molecule has 2 aromatic rings. The number of halogens is 3. The standard InChI is InChI=1S/C13H10ClF2N3O2/c1-3-8-6(2)12(14)18-13(17-8)10-7(15)4-5-9(11(10)16)19(20)21/h4-5H,3H2,1-2H3. The van der Waals surface area contributed by atoms with Gasteiger partial charge in [0.15, 0.2) is 5.82 Å². The minimum Gasteiger partial charge on any atom is -0.258 e. The second-order valence-corrected chi connectivity index (χ2v) is 4.63. The zero-order valence-electron chi connectivity index (χ0n) is 11.2. The van der Waals surface area contributed by atoms with Gasteiger partial charge in [-0.3, -0.25) is 10.1 Å². The van der Waals surface area contributed by atoms with E-state index in [1.807, 2.05) is 0 Å². The molecule has 2 rings (SSSR count). The van der Waals surface area contributed by atoms with Crippen LogP contribution in [0.2, 0.25) is 5.15 Å². The van der Waals surface area contributed by atoms with Gasteiger partial charge in [0.25, 0.3) is 0 Å². The van der Waals surface area contributed by atoms with E-state index in [-0.39, 0.29) is 11.0 Å². The van der Waals surface area contributed by atoms with Crippen molar-refractivity contribution in [3.63, 3.8) is 0 Å². The van der Waals surface area contributed by atoms with Gasteiger partial charge in [-0.1, -0.05) is 18.5 Å². The summed E-state index contributed by atoms with van der Waals surface area (Å²) in [5, 5.41) is 10.8. The lowest BCUT2D eigenvalue weighted by atomic mass is 10.1. The summed E-state index contributed by atoms with van der Waals surface area (Å²) >= 11 is 5.92. The largest absolute Gasteiger partial charge is 0.305 e. The van der Waals surface area contributed by atoms with E-state index in [0.29, 0.717) is 17.7 Å². The minimum atomic E-state index is -1.32. The Hall–Kier alpha value is -2.15. The fourth-order valence-electron chi connectivity index (χ4n) is 1.88. The third-order valence-corrected chi connectivity index (χ3v) is 3.38. The number of rotatable bonds is 3. The van der Waals surface area contributed by atoms with Gasteiger partial charge in [0.05, 0.1) is 10.5 Å². The highest BCUT2D eigenvalue weighted by molar-refractivity contribution is 6.30. The Morgan fingerprint density at radius 3 is 2.57 bits per heavy atom. The molecule has 0 saturated heterocycles. The van der Waals surface area contributed by atoms with E-state index in [9.17, 15) is 18.9 Å². The monoisotopic (exact) mass is 313 g/mol. The van der Waals surface area contributed by atoms with Crippen molar-refractivity contribution >= 4 is 17.3 Å². The Kier molecular flexibility index (Phi) is 4.13. The van der Waals surface area contributed by atoms with Crippen LogP contribution in [0.4, 0.5) is 14.5 Å². The first-order valence-electron chi connectivity index (χ1n) is 6.02. The predicted octanol–water partition coefficient (Wildman–Crippen LogP) is 3.85. The Morgan fingerprint density at radius 2 is 2.00 bits per heavy atom. The molecule has 1 aromatic carbocycles. The molecule has 0 fully saturated rings. The van der Waals surface area contributed by atoms with Crippen LogP contribution in [0.3, 0.4) is 0 Å². The van der Waals surface area contributed by atoms with E-state index in [1.165, 1.54) is 0 Å². The highest BCUT2D eigenvalue weighted by atomic mass is 35.5. The summed E-state index contributed by atoms with van der Waals surface area (Å²) in [6, 6.07) is 1.56. The lowest BCUT2D eigenvalue weighted by Gasteiger charge is -2.09. The fourth-order valence-corrected chi connectivity index (χ4v) is 2.07. The lowest BCUT2D eigenvalue weighted by molar-refractivity contribution is -0.387. The minimum absolute atomic E-state index is 0.0576. The van der Waals surface area contributed by atoms with Gasteiger partial charge in [-0.05, 0) is 19.4 Å². The Bertz CT molecular complexity index is 738. The highest BCUT2D eigenvalue weighted by Gasteiger charge is 2.25. The second-order valence-electron chi connectivity index (χ2n) is 4.28. The van der Waals surface area contributed by atoms with Crippen molar-refractivity contribution in [1.82, 2.24) is 9.97 Å². The lowest BCUT2D eigenvalue weighted by Crippen LogP contribution is -2.04. The van der Waals surface area contributed by atoms with Crippen LogP contribution >= 0.6 is 11.6 Å². The van der Waals surface area contributed by atoms with Crippen molar-refractivity contribution in [1.29, 1.82) is 0 Å². The Balaban J connectivity index is 2.75. The molecule has 8 heteroatoms. The molecule has 0 spiro atoms. The summed E-state index contributed by atoms with van der Waals surface area (Å²) in [4.78, 5) is 17.7. The van der Waals surface area contributed by atoms with Crippen LogP contribution < -0.4 is 0 Å². The van der Waals surface area contributed by atoms with Crippen molar-refractivity contribution in [2.24, 2.45) is 0 Å². The van der Waals surface area contributed by atoms with E-state index in [0.717, 1.165) is 12.1 Å². The van der Waals surface area contributed by atoms with Gasteiger partial charge in [0.1, 0.15) is 11.0 Å². The van der Waals surface area contributed by atoms with Gasteiger partial charge in [-0.15, -0.1) is 0 Å². The quantitative estimate of drug-likeness (QED) is 0.490. The summed E-state index contributed by atoms with van der Waals surface area (Å²) in [6.07, 6.45) is 0.485. The number of aromatic nitrogens is 2. The van der Waals surface area contributed by atoms with Crippen LogP contribution in [0.25, 0.3) is 11.4 Å². The van der Waals surface area contributed by atoms with Gasteiger partial charge in [0.2, 0.25) is 5.82 Å². The first kappa shape index (κ1) is 15.2. The number of nitro benzene ring substituents is 1. The van der Waals surface area contributed by atoms with Crippen LogP contribution in [0, 0.1) is 28.7 Å². The van der Waals surface area contributed by atoms with Crippen molar-refractivity contribution in [2.75, 3.05) is 0 Å². The number of benzene rings is 1. The van der Waals surface area contributed by atoms with E-state index in [4.69, 9.17) is 11.6 Å². The maximum absolute atomic E-state index is 14.1. The smallest absolute Gasteiger partial charge is 0.258 e. The molecule has 1 heterocycles. The first-order valence-corrected chi connectivity index (χ1v) is 6.40. The zero-order valence-corrected chi connectivity index (χ0v) is 11.9. The van der Waals surface area contributed by atoms with E-state index < -0.39 is 27.8 Å². The number of nitrogens with zero attached hydrogens (tertiary/aromatic N) is 3. The van der Waals surface area contributed by atoms with Crippen molar-refractivity contribution < 1.29 is 13.7 Å². The van der Waals surface area contributed by atoms with Crippen LogP contribution in [0.1, 0.15) is 18.2 Å². The molecule has 110 valence electrons. The van der Waals surface area contributed by atoms with Crippen molar-refractivity contribution in [3.05, 3.63) is 50.3 Å². The molecule has 0 radical (unpaired) electrons. The predicted molar refractivity (Wildman–Crippen MR) is 73.2 cm³/mol. The molecule has 0 unspecified atom stereocenters. The van der Waals surface area contributed by atoms with E-state index >= 15 is 0 Å². The third-order valence-electron chi connectivity index (χ3n) is 3.01. The summed E-state index contributed by atoms with van der Waals surface area (Å²) < 4.78 is 28.0. The molecular weight excluding hydrogens is 304 g/mol. The molecule has 0 aliphatic rings. The van der Waals surface area contributed by atoms with Crippen LogP contribution in [-0.2, 0) is 6.42 Å². The average Bonchev–Trinajstić information content (AvgIpc) is 2.42. The van der Waals surface area contributed by atoms with Crippen LogP contribution in [0.5, 0.6) is 0 Å². The number of hydrogen-bond donors (Lipinski definition) is 0. The zero-order chi connectivity index (χ0) is 15.7. The number of aryl methyl sites for hydroxylation is 1. The molecule has 0 amide bonds. The summed E-state index contributed by atoms with van der Waals surface area (Å²) in [5.41, 5.74) is -0.366. The van der Waals surface area contributed by atoms with Gasteiger partial charge < -0.3 is 0 Å². The molecule has 5 nitrogen and oxygen atoms in total. The normalized spacial score (nSPS) is 10.7. The Morgan fingerprint density at radius 1 is 1.33 bits per heavy atom.